The van der Waals surface area contributed by atoms with Crippen molar-refractivity contribution >= 4 is 134 Å². The van der Waals surface area contributed by atoms with Crippen LogP contribution in [0.25, 0.3) is 44.1 Å². The molecule has 122 heavy (non-hydrogen) atoms. The number of hydrogen-bond acceptors (Lipinski definition) is 20. The number of allylic oxidation sites excluding steroid dienone is 6. The lowest BCUT2D eigenvalue weighted by Gasteiger charge is -2.30. The molecule has 1 aliphatic carbocycles. The molecule has 0 bridgehead atoms. The quantitative estimate of drug-likeness (QED) is 0.00681. The minimum atomic E-state index is -4.50. The third-order valence-corrected chi connectivity index (χ3v) is 24.4. The van der Waals surface area contributed by atoms with Gasteiger partial charge in [0, 0.05) is 137 Å². The lowest BCUT2D eigenvalue weighted by molar-refractivity contribution is -0.645. The zero-order valence-electron chi connectivity index (χ0n) is 68.2. The van der Waals surface area contributed by atoms with Crippen molar-refractivity contribution in [1.82, 2.24) is 50.8 Å². The summed E-state index contributed by atoms with van der Waals surface area (Å²) in [5, 5.41) is 14.3. The van der Waals surface area contributed by atoms with Crippen molar-refractivity contribution in [3.63, 3.8) is 0 Å². The molecule has 30 nitrogen and oxygen atoms in total. The van der Waals surface area contributed by atoms with E-state index in [2.05, 4.69) is 76.3 Å². The summed E-state index contributed by atoms with van der Waals surface area (Å²) in [5.41, 5.74) is 38.0. The Kier molecular flexibility index (Phi) is 25.3. The minimum Gasteiger partial charge on any atom is -0.486 e. The third kappa shape index (κ3) is 19.4. The summed E-state index contributed by atoms with van der Waals surface area (Å²) in [4.78, 5) is 80.7. The van der Waals surface area contributed by atoms with Gasteiger partial charge in [-0.25, -0.2) is 15.0 Å². The average Bonchev–Trinajstić information content (AvgIpc) is 1.57. The van der Waals surface area contributed by atoms with Gasteiger partial charge in [0.15, 0.2) is 22.8 Å². The largest absolute Gasteiger partial charge is 0.486 e. The number of nitrogen functional groups attached to an aromatic ring is 4. The highest BCUT2D eigenvalue weighted by Crippen LogP contribution is 2.51. The van der Waals surface area contributed by atoms with Gasteiger partial charge in [-0.1, -0.05) is 66.8 Å². The van der Waals surface area contributed by atoms with Crippen LogP contribution in [0.1, 0.15) is 136 Å². The van der Waals surface area contributed by atoms with E-state index in [4.69, 9.17) is 32.4 Å². The fourth-order valence-electron chi connectivity index (χ4n) is 16.3. The molecule has 0 radical (unpaired) electrons. The number of imidazole rings is 2. The number of hydrogen-bond donors (Lipinski definition) is 12. The number of pyridine rings is 2. The summed E-state index contributed by atoms with van der Waals surface area (Å²) in [6.07, 6.45) is 17.6. The number of carbonyl (C=O) groups excluding carboxylic acids is 4. The average molecular weight is 1690 g/mol. The highest BCUT2D eigenvalue weighted by atomic mass is 32.2. The first-order valence-corrected chi connectivity index (χ1v) is 43.2. The molecule has 15 rings (SSSR count). The van der Waals surface area contributed by atoms with Gasteiger partial charge in [-0.05, 0) is 192 Å². The predicted octanol–water partition coefficient (Wildman–Crippen LogP) is 12.6. The van der Waals surface area contributed by atoms with E-state index >= 15 is 0 Å². The Labute approximate surface area is 705 Å². The molecule has 12 aromatic rings. The molecule has 2 aliphatic heterocycles. The van der Waals surface area contributed by atoms with Gasteiger partial charge in [0.2, 0.25) is 46.3 Å². The van der Waals surface area contributed by atoms with Crippen LogP contribution in [-0.4, -0.2) is 114 Å². The Morgan fingerprint density at radius 3 is 1.88 bits per heavy atom. The van der Waals surface area contributed by atoms with E-state index in [1.54, 1.807) is 36.7 Å². The maximum Gasteiger partial charge on any atom is 0.294 e. The summed E-state index contributed by atoms with van der Waals surface area (Å²) in [6.45, 7) is 13.2. The SMILES string of the molecule is CCN1/C(=C/C=C/C=C/C2=[N+](CC)c3ccc(S(=O)(=O)O)cc3C2(C)C)C(C)(CCCC(=O)NC2CCC(C(=O)Nc3ccc(COc4nc(N)nc5nc[nH]c45)cc3)CC2)c2cc(S(=O)(=O)O)ccc21.Nc1ccc2cc3ccc(N)cc3[n+](CCCC(=O)NCc3ccc(C(=O)NCc4ccc(COc5cc(N)nc6nc[nH]c56)cc4)cc3)c2c1. The molecular weight excluding hydrogens is 1590 g/mol. The monoisotopic (exact) mass is 1690 g/mol. The highest BCUT2D eigenvalue weighted by molar-refractivity contribution is 7.86. The van der Waals surface area contributed by atoms with Crippen LogP contribution in [0.5, 0.6) is 11.6 Å². The van der Waals surface area contributed by atoms with E-state index in [1.165, 1.54) is 30.6 Å². The molecule has 630 valence electrons. The van der Waals surface area contributed by atoms with E-state index in [0.717, 1.165) is 78.0 Å². The van der Waals surface area contributed by atoms with E-state index in [1.807, 2.05) is 162 Å². The van der Waals surface area contributed by atoms with Crippen molar-refractivity contribution in [3.8, 4) is 11.6 Å². The molecule has 16 N–H and O–H groups in total. The molecule has 0 saturated heterocycles. The van der Waals surface area contributed by atoms with Gasteiger partial charge in [0.05, 0.1) is 27.9 Å². The zero-order chi connectivity index (χ0) is 86.2. The maximum absolute atomic E-state index is 13.5. The van der Waals surface area contributed by atoms with E-state index < -0.39 is 31.1 Å². The molecule has 4 amide bonds. The van der Waals surface area contributed by atoms with Crippen LogP contribution >= 0.6 is 0 Å². The number of anilines is 6. The molecule has 7 heterocycles. The molecule has 1 atom stereocenters. The van der Waals surface area contributed by atoms with Crippen molar-refractivity contribution < 1.29 is 63.7 Å². The maximum atomic E-state index is 13.5. The van der Waals surface area contributed by atoms with Crippen LogP contribution in [0.15, 0.2) is 216 Å². The first kappa shape index (κ1) is 85.0. The van der Waals surface area contributed by atoms with Crippen molar-refractivity contribution in [2.45, 2.75) is 152 Å². The molecule has 1 unspecified atom stereocenters. The minimum absolute atomic E-state index is 0.0456. The third-order valence-electron chi connectivity index (χ3n) is 22.7. The Bertz CT molecular complexity index is 6300. The molecule has 0 spiro atoms. The number of nitrogens with one attached hydrogen (secondary N) is 6. The molecular formula is C90H98N18O12S2+2. The molecule has 7 aromatic carbocycles. The lowest BCUT2D eigenvalue weighted by atomic mass is 9.77. The Hall–Kier alpha value is -13.4. The standard InChI is InChI=1S/C51H59N9O9S2.C39H37N9O3/c1-6-59-40-25-23-36(70(63,64)65)28-38(40)50(3,4)42(59)12-9-8-10-13-43-51(5,39-29-37(71(66,67)68)24-26-41(39)60(43)7-2)27-11-14-44(61)55-34-21-17-33(18-22-34)47(62)56-35-19-15-32(16-20-35)30-69-48-45-46(54-31-53-45)57-49(52)58-48;40-30-13-11-28-16-29-12-14-31(41)18-33(29)48(32(28)17-30)15-1-2-36(49)43-20-25-7-9-27(10-8-25)39(50)44-21-24-3-5-26(6-4-24)22-51-34-19-35(42)47-38-37(34)45-23-46-38/h8-10,12-13,15-16,19-20,23-26,28-29,31,33-34H,6-7,11,14,17-18,21-22,27,30H2,1-5H3,(H6-,52,53,54,55,56,57,58,61,62,63,64,65,66,67,68);3-14,16-19,23H,1-2,15,20-22H2,(H8,40,41,42,43,44,45,46,47,49,50)/p+2. The number of ether oxygens (including phenoxy) is 2. The topological polar surface area (TPSA) is 454 Å². The summed E-state index contributed by atoms with van der Waals surface area (Å²) in [7, 11) is -8.88. The number of H-pyrrole nitrogens is 2. The molecule has 1 saturated carbocycles. The number of nitrogens with two attached hydrogens (primary N) is 4. The van der Waals surface area contributed by atoms with Crippen molar-refractivity contribution in [1.29, 1.82) is 0 Å². The summed E-state index contributed by atoms with van der Waals surface area (Å²) in [5.74, 6) is 0.684. The van der Waals surface area contributed by atoms with Gasteiger partial charge in [-0.15, -0.1) is 0 Å². The molecule has 5 aromatic heterocycles. The second-order valence-corrected chi connectivity index (χ2v) is 34.2. The van der Waals surface area contributed by atoms with Crippen LogP contribution < -0.4 is 63.1 Å². The van der Waals surface area contributed by atoms with E-state index in [9.17, 15) is 45.1 Å². The fraction of sp³-hybridized carbons (Fsp3) is 0.278. The van der Waals surface area contributed by atoms with E-state index in [-0.39, 0.29) is 64.4 Å². The molecule has 1 fully saturated rings. The smallest absolute Gasteiger partial charge is 0.294 e. The van der Waals surface area contributed by atoms with Gasteiger partial charge in [-0.2, -0.15) is 35.9 Å². The van der Waals surface area contributed by atoms with Crippen molar-refractivity contribution in [2.24, 2.45) is 5.92 Å². The van der Waals surface area contributed by atoms with Gasteiger partial charge in [-0.3, -0.25) is 28.3 Å². The van der Waals surface area contributed by atoms with Gasteiger partial charge in [0.25, 0.3) is 26.1 Å². The van der Waals surface area contributed by atoms with Gasteiger partial charge in [0.1, 0.15) is 43.2 Å². The predicted molar refractivity (Wildman–Crippen MR) is 469 cm³/mol. The normalized spacial score (nSPS) is 16.6. The second kappa shape index (κ2) is 36.3. The fourth-order valence-corrected chi connectivity index (χ4v) is 17.3. The Morgan fingerprint density at radius 2 is 1.22 bits per heavy atom. The zero-order valence-corrected chi connectivity index (χ0v) is 69.8. The van der Waals surface area contributed by atoms with E-state index in [0.29, 0.717) is 153 Å². The number of likely N-dealkylation sites (N-methyl/N-ethyl adjacent to an activating group) is 1. The van der Waals surface area contributed by atoms with Crippen LogP contribution in [0.4, 0.5) is 40.2 Å². The number of aryl methyl sites for hydroxylation is 1. The number of aromatic amines is 2. The number of carbonyl (C=O) groups is 4. The number of fused-ring (bicyclic) bond motifs is 6. The first-order chi connectivity index (χ1) is 58.5. The highest BCUT2D eigenvalue weighted by Gasteiger charge is 2.46. The van der Waals surface area contributed by atoms with Crippen molar-refractivity contribution in [2.75, 3.05) is 46.2 Å². The van der Waals surface area contributed by atoms with Gasteiger partial charge < -0.3 is 68.5 Å². The summed E-state index contributed by atoms with van der Waals surface area (Å²) in [6, 6.07) is 47.1. The van der Waals surface area contributed by atoms with Crippen LogP contribution in [0.3, 0.4) is 0 Å². The Morgan fingerprint density at radius 1 is 0.623 bits per heavy atom. The van der Waals surface area contributed by atoms with Gasteiger partial charge >= 0.3 is 0 Å². The summed E-state index contributed by atoms with van der Waals surface area (Å²) < 4.78 is 84.6. The number of aromatic nitrogens is 8. The number of nitrogens with zero attached hydrogens (tertiary/aromatic N) is 8. The molecule has 32 heteroatoms. The number of benzene rings is 7. The summed E-state index contributed by atoms with van der Waals surface area (Å²) >= 11 is 0. The Balaban J connectivity index is 0.000000210. The van der Waals surface area contributed by atoms with Crippen LogP contribution in [0, 0.1) is 5.92 Å². The van der Waals surface area contributed by atoms with Crippen LogP contribution in [-0.2, 0) is 78.3 Å². The van der Waals surface area contributed by atoms with Crippen molar-refractivity contribution in [3.05, 3.63) is 245 Å². The lowest BCUT2D eigenvalue weighted by Crippen LogP contribution is -2.39. The number of amides is 4. The molecule has 3 aliphatic rings. The number of rotatable bonds is 29. The first-order valence-electron chi connectivity index (χ1n) is 40.4. The van der Waals surface area contributed by atoms with Crippen LogP contribution in [0.2, 0.25) is 0 Å². The second-order valence-electron chi connectivity index (χ2n) is 31.3.